The molecule has 0 bridgehead atoms. The number of nitrogens with zero attached hydrogens (tertiary/aromatic N) is 1. The molecule has 1 aliphatic heterocycles. The first-order valence-electron chi connectivity index (χ1n) is 6.73. The smallest absolute Gasteiger partial charge is 0.210 e. The lowest BCUT2D eigenvalue weighted by molar-refractivity contribution is -0.120. The molecule has 19 heavy (non-hydrogen) atoms. The van der Waals surface area contributed by atoms with E-state index >= 15 is 0 Å². The summed E-state index contributed by atoms with van der Waals surface area (Å²) in [6.45, 7) is 0.814. The van der Waals surface area contributed by atoms with Crippen LogP contribution < -0.4 is 9.47 Å². The maximum absolute atomic E-state index is 11.3. The number of methoxy groups -OCH3 is 2. The van der Waals surface area contributed by atoms with Crippen molar-refractivity contribution in [1.82, 2.24) is 4.90 Å². The predicted octanol–water partition coefficient (Wildman–Crippen LogP) is 2.78. The highest BCUT2D eigenvalue weighted by Gasteiger charge is 2.24. The molecule has 1 heterocycles. The number of benzene rings is 1. The summed E-state index contributed by atoms with van der Waals surface area (Å²) in [7, 11) is 3.31. The summed E-state index contributed by atoms with van der Waals surface area (Å²) >= 11 is 0. The van der Waals surface area contributed by atoms with Crippen LogP contribution in [-0.2, 0) is 4.79 Å². The second-order valence-corrected chi connectivity index (χ2v) is 4.82. The number of ether oxygens (including phenoxy) is 2. The fraction of sp³-hybridized carbons (Fsp3) is 0.533. The van der Waals surface area contributed by atoms with Gasteiger partial charge in [-0.25, -0.2) is 0 Å². The molecule has 1 amide bonds. The SMILES string of the molecule is COc1ccc(OC)c(C2CCCCCN2C=O)c1. The van der Waals surface area contributed by atoms with Crippen LogP contribution >= 0.6 is 0 Å². The molecule has 1 fully saturated rings. The molecule has 1 aliphatic rings. The van der Waals surface area contributed by atoms with Gasteiger partial charge in [0.15, 0.2) is 0 Å². The number of carbonyl (C=O) groups excluding carboxylic acids is 1. The van der Waals surface area contributed by atoms with Crippen LogP contribution in [0.2, 0.25) is 0 Å². The molecular formula is C15H21NO3. The summed E-state index contributed by atoms with van der Waals surface area (Å²) in [5.41, 5.74) is 1.04. The average molecular weight is 263 g/mol. The molecule has 1 saturated heterocycles. The van der Waals surface area contributed by atoms with Crippen molar-refractivity contribution in [2.45, 2.75) is 31.7 Å². The predicted molar refractivity (Wildman–Crippen MR) is 73.5 cm³/mol. The highest BCUT2D eigenvalue weighted by Crippen LogP contribution is 2.36. The quantitative estimate of drug-likeness (QED) is 0.784. The van der Waals surface area contributed by atoms with Gasteiger partial charge in [0.25, 0.3) is 0 Å². The summed E-state index contributed by atoms with van der Waals surface area (Å²) < 4.78 is 10.7. The van der Waals surface area contributed by atoms with E-state index in [1.54, 1.807) is 14.2 Å². The maximum Gasteiger partial charge on any atom is 0.210 e. The minimum atomic E-state index is 0.0880. The Kier molecular flexibility index (Phi) is 4.66. The summed E-state index contributed by atoms with van der Waals surface area (Å²) in [6, 6.07) is 5.85. The summed E-state index contributed by atoms with van der Waals surface area (Å²) in [4.78, 5) is 13.2. The van der Waals surface area contributed by atoms with Gasteiger partial charge >= 0.3 is 0 Å². The van der Waals surface area contributed by atoms with Gasteiger partial charge in [0.2, 0.25) is 6.41 Å². The molecular weight excluding hydrogens is 242 g/mol. The molecule has 4 heteroatoms. The molecule has 0 spiro atoms. The highest BCUT2D eigenvalue weighted by atomic mass is 16.5. The van der Waals surface area contributed by atoms with Gasteiger partial charge in [-0.2, -0.15) is 0 Å². The number of carbonyl (C=O) groups is 1. The molecule has 4 nitrogen and oxygen atoms in total. The van der Waals surface area contributed by atoms with Crippen molar-refractivity contribution in [1.29, 1.82) is 0 Å². The minimum Gasteiger partial charge on any atom is -0.497 e. The van der Waals surface area contributed by atoms with Gasteiger partial charge in [-0.3, -0.25) is 4.79 Å². The second-order valence-electron chi connectivity index (χ2n) is 4.82. The van der Waals surface area contributed by atoms with Gasteiger partial charge < -0.3 is 14.4 Å². The molecule has 2 rings (SSSR count). The first kappa shape index (κ1) is 13.7. The molecule has 104 valence electrons. The van der Waals surface area contributed by atoms with Gasteiger partial charge in [-0.05, 0) is 31.0 Å². The van der Waals surface area contributed by atoms with Crippen LogP contribution in [0.5, 0.6) is 11.5 Å². The van der Waals surface area contributed by atoms with Crippen molar-refractivity contribution in [3.05, 3.63) is 23.8 Å². The Morgan fingerprint density at radius 1 is 1.21 bits per heavy atom. The van der Waals surface area contributed by atoms with Crippen molar-refractivity contribution in [3.8, 4) is 11.5 Å². The van der Waals surface area contributed by atoms with Crippen LogP contribution in [0, 0.1) is 0 Å². The zero-order valence-corrected chi connectivity index (χ0v) is 11.6. The number of amides is 1. The molecule has 0 N–H and O–H groups in total. The molecule has 0 saturated carbocycles. The Balaban J connectivity index is 2.38. The molecule has 1 unspecified atom stereocenters. The van der Waals surface area contributed by atoms with E-state index in [-0.39, 0.29) is 6.04 Å². The number of rotatable bonds is 4. The zero-order chi connectivity index (χ0) is 13.7. The molecule has 0 aromatic heterocycles. The zero-order valence-electron chi connectivity index (χ0n) is 11.6. The van der Waals surface area contributed by atoms with E-state index in [9.17, 15) is 4.79 Å². The normalized spacial score (nSPS) is 19.7. The van der Waals surface area contributed by atoms with E-state index in [0.717, 1.165) is 49.3 Å². The van der Waals surface area contributed by atoms with E-state index in [1.807, 2.05) is 23.1 Å². The molecule has 0 radical (unpaired) electrons. The maximum atomic E-state index is 11.3. The number of likely N-dealkylation sites (tertiary alicyclic amines) is 1. The van der Waals surface area contributed by atoms with Crippen LogP contribution in [0.25, 0.3) is 0 Å². The lowest BCUT2D eigenvalue weighted by atomic mass is 9.99. The van der Waals surface area contributed by atoms with Crippen LogP contribution in [0.15, 0.2) is 18.2 Å². The van der Waals surface area contributed by atoms with Crippen LogP contribution in [0.3, 0.4) is 0 Å². The van der Waals surface area contributed by atoms with Crippen molar-refractivity contribution < 1.29 is 14.3 Å². The highest BCUT2D eigenvalue weighted by molar-refractivity contribution is 5.51. The fourth-order valence-corrected chi connectivity index (χ4v) is 2.69. The Bertz CT molecular complexity index is 433. The van der Waals surface area contributed by atoms with E-state index in [0.29, 0.717) is 0 Å². The van der Waals surface area contributed by atoms with Gasteiger partial charge in [0.05, 0.1) is 20.3 Å². The van der Waals surface area contributed by atoms with Gasteiger partial charge in [0, 0.05) is 12.1 Å². The molecule has 1 aromatic carbocycles. The molecule has 0 aliphatic carbocycles. The Morgan fingerprint density at radius 3 is 2.74 bits per heavy atom. The Labute approximate surface area is 114 Å². The summed E-state index contributed by atoms with van der Waals surface area (Å²) in [6.07, 6.45) is 5.31. The third-order valence-corrected chi connectivity index (χ3v) is 3.73. The fourth-order valence-electron chi connectivity index (χ4n) is 2.69. The topological polar surface area (TPSA) is 38.8 Å². The second kappa shape index (κ2) is 6.45. The van der Waals surface area contributed by atoms with Gasteiger partial charge in [-0.15, -0.1) is 0 Å². The average Bonchev–Trinajstić information content (AvgIpc) is 2.71. The first-order valence-corrected chi connectivity index (χ1v) is 6.73. The Morgan fingerprint density at radius 2 is 2.05 bits per heavy atom. The molecule has 1 atom stereocenters. The summed E-state index contributed by atoms with van der Waals surface area (Å²) in [5.74, 6) is 1.62. The van der Waals surface area contributed by atoms with Crippen molar-refractivity contribution in [3.63, 3.8) is 0 Å². The van der Waals surface area contributed by atoms with Crippen LogP contribution in [-0.4, -0.2) is 32.1 Å². The van der Waals surface area contributed by atoms with Crippen molar-refractivity contribution in [2.75, 3.05) is 20.8 Å². The van der Waals surface area contributed by atoms with Gasteiger partial charge in [0.1, 0.15) is 11.5 Å². The van der Waals surface area contributed by atoms with Gasteiger partial charge in [-0.1, -0.05) is 12.8 Å². The Hall–Kier alpha value is -1.71. The third kappa shape index (κ3) is 3.00. The standard InChI is InChI=1S/C15H21NO3/c1-18-12-7-8-15(19-2)13(10-12)14-6-4-3-5-9-16(14)11-17/h7-8,10-11,14H,3-6,9H2,1-2H3. The minimum absolute atomic E-state index is 0.0880. The molecule has 1 aromatic rings. The monoisotopic (exact) mass is 263 g/mol. The van der Waals surface area contributed by atoms with Crippen LogP contribution in [0.1, 0.15) is 37.3 Å². The van der Waals surface area contributed by atoms with Crippen molar-refractivity contribution in [2.24, 2.45) is 0 Å². The third-order valence-electron chi connectivity index (χ3n) is 3.73. The largest absolute Gasteiger partial charge is 0.497 e. The number of hydrogen-bond donors (Lipinski definition) is 0. The number of hydrogen-bond acceptors (Lipinski definition) is 3. The van der Waals surface area contributed by atoms with E-state index in [1.165, 1.54) is 6.42 Å². The van der Waals surface area contributed by atoms with E-state index in [4.69, 9.17) is 9.47 Å². The first-order chi connectivity index (χ1) is 9.30. The van der Waals surface area contributed by atoms with E-state index in [2.05, 4.69) is 0 Å². The van der Waals surface area contributed by atoms with Crippen LogP contribution in [0.4, 0.5) is 0 Å². The van der Waals surface area contributed by atoms with E-state index < -0.39 is 0 Å². The van der Waals surface area contributed by atoms with Crippen molar-refractivity contribution >= 4 is 6.41 Å². The summed E-state index contributed by atoms with van der Waals surface area (Å²) in [5, 5.41) is 0. The lowest BCUT2D eigenvalue weighted by Crippen LogP contribution is -2.27. The lowest BCUT2D eigenvalue weighted by Gasteiger charge is -2.28.